The van der Waals surface area contributed by atoms with Gasteiger partial charge in [0.1, 0.15) is 0 Å². The second-order valence-electron chi connectivity index (χ2n) is 5.40. The summed E-state index contributed by atoms with van der Waals surface area (Å²) in [5.74, 6) is 0.198. The standard InChI is InChI=1S/C15H20N2OS.ClH/c1-19-14-8-3-2-7-13(14)15(18)17-9-11-5-4-6-12(10-17)16-11;/h2-3,7-8,11-12,16H,4-6,9-10H2,1H3;1H. The van der Waals surface area contributed by atoms with Crippen LogP contribution in [0.15, 0.2) is 29.2 Å². The lowest BCUT2D eigenvalue weighted by molar-refractivity contribution is 0.0605. The molecule has 0 aliphatic carbocycles. The molecule has 20 heavy (non-hydrogen) atoms. The van der Waals surface area contributed by atoms with E-state index < -0.39 is 0 Å². The summed E-state index contributed by atoms with van der Waals surface area (Å²) in [5.41, 5.74) is 0.856. The number of halogens is 1. The molecule has 1 amide bonds. The van der Waals surface area contributed by atoms with E-state index in [9.17, 15) is 4.79 Å². The summed E-state index contributed by atoms with van der Waals surface area (Å²) in [6.45, 7) is 1.72. The van der Waals surface area contributed by atoms with E-state index in [1.807, 2.05) is 35.4 Å². The highest BCUT2D eigenvalue weighted by atomic mass is 35.5. The third-order valence-corrected chi connectivity index (χ3v) is 4.88. The number of hydrogen-bond donors (Lipinski definition) is 1. The molecule has 0 radical (unpaired) electrons. The lowest BCUT2D eigenvalue weighted by atomic mass is 9.94. The Bertz CT molecular complexity index is 471. The van der Waals surface area contributed by atoms with E-state index in [0.29, 0.717) is 12.1 Å². The highest BCUT2D eigenvalue weighted by molar-refractivity contribution is 7.98. The van der Waals surface area contributed by atoms with Crippen LogP contribution >= 0.6 is 24.2 Å². The largest absolute Gasteiger partial charge is 0.335 e. The number of piperidine rings is 1. The number of amides is 1. The van der Waals surface area contributed by atoms with Crippen molar-refractivity contribution in [2.24, 2.45) is 0 Å². The Labute approximate surface area is 130 Å². The number of nitrogens with one attached hydrogen (secondary N) is 1. The summed E-state index contributed by atoms with van der Waals surface area (Å²) < 4.78 is 0. The summed E-state index contributed by atoms with van der Waals surface area (Å²) in [6.07, 6.45) is 5.72. The molecule has 2 saturated heterocycles. The summed E-state index contributed by atoms with van der Waals surface area (Å²) >= 11 is 1.65. The number of thioether (sulfide) groups is 1. The van der Waals surface area contributed by atoms with Gasteiger partial charge in [-0.3, -0.25) is 4.79 Å². The van der Waals surface area contributed by atoms with Crippen molar-refractivity contribution in [3.8, 4) is 0 Å². The van der Waals surface area contributed by atoms with Crippen molar-refractivity contribution in [2.75, 3.05) is 19.3 Å². The first kappa shape index (κ1) is 15.7. The van der Waals surface area contributed by atoms with Crippen LogP contribution in [-0.4, -0.2) is 42.2 Å². The lowest BCUT2D eigenvalue weighted by Gasteiger charge is -2.42. The zero-order valence-corrected chi connectivity index (χ0v) is 13.3. The Morgan fingerprint density at radius 1 is 1.25 bits per heavy atom. The third-order valence-electron chi connectivity index (χ3n) is 4.08. The van der Waals surface area contributed by atoms with Gasteiger partial charge in [0.15, 0.2) is 0 Å². The first-order valence-corrected chi connectivity index (χ1v) is 8.18. The highest BCUT2D eigenvalue weighted by Gasteiger charge is 2.32. The Balaban J connectivity index is 0.00000147. The predicted octanol–water partition coefficient (Wildman–Crippen LogP) is 2.80. The quantitative estimate of drug-likeness (QED) is 0.852. The van der Waals surface area contributed by atoms with Crippen molar-refractivity contribution in [3.05, 3.63) is 29.8 Å². The van der Waals surface area contributed by atoms with Gasteiger partial charge in [-0.1, -0.05) is 18.6 Å². The van der Waals surface area contributed by atoms with Crippen LogP contribution in [-0.2, 0) is 0 Å². The number of rotatable bonds is 2. The van der Waals surface area contributed by atoms with E-state index in [0.717, 1.165) is 23.5 Å². The molecule has 1 N–H and O–H groups in total. The smallest absolute Gasteiger partial charge is 0.255 e. The molecular weight excluding hydrogens is 292 g/mol. The third kappa shape index (κ3) is 3.13. The van der Waals surface area contributed by atoms with Gasteiger partial charge < -0.3 is 10.2 Å². The number of fused-ring (bicyclic) bond motifs is 2. The molecule has 2 heterocycles. The maximum atomic E-state index is 12.7. The molecule has 2 fully saturated rings. The molecular formula is C15H21ClN2OS. The number of carbonyl (C=O) groups is 1. The maximum absolute atomic E-state index is 12.7. The minimum atomic E-state index is 0. The molecule has 2 atom stereocenters. The number of likely N-dealkylation sites (tertiary alicyclic amines) is 1. The van der Waals surface area contributed by atoms with Crippen LogP contribution in [0.25, 0.3) is 0 Å². The van der Waals surface area contributed by atoms with Gasteiger partial charge in [0.05, 0.1) is 5.56 Å². The zero-order valence-electron chi connectivity index (χ0n) is 11.7. The Morgan fingerprint density at radius 2 is 1.90 bits per heavy atom. The molecule has 5 heteroatoms. The van der Waals surface area contributed by atoms with E-state index in [1.54, 1.807) is 11.8 Å². The average molecular weight is 313 g/mol. The minimum Gasteiger partial charge on any atom is -0.335 e. The second-order valence-corrected chi connectivity index (χ2v) is 6.25. The van der Waals surface area contributed by atoms with Crippen molar-refractivity contribution in [3.63, 3.8) is 0 Å². The normalized spacial score (nSPS) is 24.9. The second kappa shape index (κ2) is 6.83. The zero-order chi connectivity index (χ0) is 13.2. The van der Waals surface area contributed by atoms with Gasteiger partial charge in [-0.2, -0.15) is 0 Å². The van der Waals surface area contributed by atoms with Crippen LogP contribution in [0, 0.1) is 0 Å². The average Bonchev–Trinajstić information content (AvgIpc) is 2.46. The molecule has 2 unspecified atom stereocenters. The summed E-state index contributed by atoms with van der Waals surface area (Å²) in [6, 6.07) is 8.92. The summed E-state index contributed by atoms with van der Waals surface area (Å²) in [4.78, 5) is 15.8. The van der Waals surface area contributed by atoms with Crippen molar-refractivity contribution in [1.29, 1.82) is 0 Å². The molecule has 2 aliphatic rings. The van der Waals surface area contributed by atoms with Gasteiger partial charge in [0, 0.05) is 30.1 Å². The van der Waals surface area contributed by atoms with Crippen molar-refractivity contribution < 1.29 is 4.79 Å². The Morgan fingerprint density at radius 3 is 2.55 bits per heavy atom. The molecule has 3 rings (SSSR count). The van der Waals surface area contributed by atoms with E-state index >= 15 is 0 Å². The van der Waals surface area contributed by atoms with Crippen LogP contribution in [0.1, 0.15) is 29.6 Å². The lowest BCUT2D eigenvalue weighted by Crippen LogP contribution is -2.59. The van der Waals surface area contributed by atoms with E-state index in [2.05, 4.69) is 5.32 Å². The predicted molar refractivity (Wildman–Crippen MR) is 85.9 cm³/mol. The van der Waals surface area contributed by atoms with E-state index in [1.165, 1.54) is 19.3 Å². The number of nitrogens with zero attached hydrogens (tertiary/aromatic N) is 1. The van der Waals surface area contributed by atoms with Crippen LogP contribution in [0.3, 0.4) is 0 Å². The number of benzene rings is 1. The van der Waals surface area contributed by atoms with Gasteiger partial charge in [-0.05, 0) is 31.2 Å². The first-order chi connectivity index (χ1) is 9.28. The van der Waals surface area contributed by atoms with Gasteiger partial charge >= 0.3 is 0 Å². The van der Waals surface area contributed by atoms with Crippen LogP contribution in [0.4, 0.5) is 0 Å². The van der Waals surface area contributed by atoms with Crippen molar-refractivity contribution >= 4 is 30.1 Å². The van der Waals surface area contributed by atoms with E-state index in [-0.39, 0.29) is 18.3 Å². The maximum Gasteiger partial charge on any atom is 0.255 e. The SMILES string of the molecule is CSc1ccccc1C(=O)N1CC2CCCC(C1)N2.Cl. The van der Waals surface area contributed by atoms with Crippen LogP contribution < -0.4 is 5.32 Å². The monoisotopic (exact) mass is 312 g/mol. The molecule has 0 saturated carbocycles. The number of piperazine rings is 1. The molecule has 3 nitrogen and oxygen atoms in total. The molecule has 110 valence electrons. The van der Waals surface area contributed by atoms with Gasteiger partial charge in [0.25, 0.3) is 5.91 Å². The fourth-order valence-corrected chi connectivity index (χ4v) is 3.75. The van der Waals surface area contributed by atoms with Crippen LogP contribution in [0.2, 0.25) is 0 Å². The Kier molecular flexibility index (Phi) is 5.35. The summed E-state index contributed by atoms with van der Waals surface area (Å²) in [7, 11) is 0. The number of hydrogen-bond acceptors (Lipinski definition) is 3. The van der Waals surface area contributed by atoms with Gasteiger partial charge in [-0.25, -0.2) is 0 Å². The van der Waals surface area contributed by atoms with Gasteiger partial charge in [0.2, 0.25) is 0 Å². The van der Waals surface area contributed by atoms with Crippen molar-refractivity contribution in [1.82, 2.24) is 10.2 Å². The molecule has 2 aliphatic heterocycles. The fourth-order valence-electron chi connectivity index (χ4n) is 3.16. The molecule has 1 aromatic carbocycles. The highest BCUT2D eigenvalue weighted by Crippen LogP contribution is 2.25. The first-order valence-electron chi connectivity index (χ1n) is 6.96. The van der Waals surface area contributed by atoms with Gasteiger partial charge in [-0.15, -0.1) is 24.2 Å². The molecule has 2 bridgehead atoms. The van der Waals surface area contributed by atoms with Crippen molar-refractivity contribution in [2.45, 2.75) is 36.2 Å². The summed E-state index contributed by atoms with van der Waals surface area (Å²) in [5, 5.41) is 3.62. The molecule has 0 aromatic heterocycles. The minimum absolute atomic E-state index is 0. The Hall–Kier alpha value is -0.710. The fraction of sp³-hybridized carbons (Fsp3) is 0.533. The van der Waals surface area contributed by atoms with E-state index in [4.69, 9.17) is 0 Å². The number of carbonyl (C=O) groups excluding carboxylic acids is 1. The molecule has 0 spiro atoms. The topological polar surface area (TPSA) is 32.3 Å². The molecule has 1 aromatic rings. The van der Waals surface area contributed by atoms with Crippen LogP contribution in [0.5, 0.6) is 0 Å².